The fourth-order valence-electron chi connectivity index (χ4n) is 3.66. The van der Waals surface area contributed by atoms with E-state index < -0.39 is 0 Å². The van der Waals surface area contributed by atoms with Crippen molar-refractivity contribution in [1.82, 2.24) is 30.3 Å². The van der Waals surface area contributed by atoms with Crippen LogP contribution in [-0.2, 0) is 12.0 Å². The predicted molar refractivity (Wildman–Crippen MR) is 97.2 cm³/mol. The molecule has 27 heavy (non-hydrogen) atoms. The molecule has 8 heteroatoms. The molecule has 3 aromatic rings. The third kappa shape index (κ3) is 3.70. The maximum Gasteiger partial charge on any atom is 0.248 e. The van der Waals surface area contributed by atoms with E-state index in [4.69, 9.17) is 9.26 Å². The van der Waals surface area contributed by atoms with Gasteiger partial charge < -0.3 is 9.26 Å². The molecule has 0 amide bonds. The quantitative estimate of drug-likeness (QED) is 0.633. The highest BCUT2D eigenvalue weighted by atomic mass is 16.5. The molecule has 1 fully saturated rings. The van der Waals surface area contributed by atoms with Gasteiger partial charge in [-0.15, -0.1) is 5.10 Å². The van der Waals surface area contributed by atoms with Crippen LogP contribution in [0.1, 0.15) is 56.8 Å². The van der Waals surface area contributed by atoms with E-state index in [9.17, 15) is 0 Å². The third-order valence-electron chi connectivity index (χ3n) is 5.03. The first-order valence-corrected chi connectivity index (χ1v) is 9.43. The van der Waals surface area contributed by atoms with Gasteiger partial charge in [0.2, 0.25) is 5.89 Å². The van der Waals surface area contributed by atoms with Crippen LogP contribution in [0.25, 0.3) is 0 Å². The van der Waals surface area contributed by atoms with Crippen molar-refractivity contribution in [3.8, 4) is 5.75 Å². The number of ether oxygens (including phenoxy) is 1. The summed E-state index contributed by atoms with van der Waals surface area (Å²) in [4.78, 5) is 4.67. The Morgan fingerprint density at radius 1 is 1.19 bits per heavy atom. The number of aromatic nitrogens is 6. The predicted octanol–water partition coefficient (Wildman–Crippen LogP) is 3.00. The summed E-state index contributed by atoms with van der Waals surface area (Å²) in [5.74, 6) is 2.66. The lowest BCUT2D eigenvalue weighted by Crippen LogP contribution is -2.25. The summed E-state index contributed by atoms with van der Waals surface area (Å²) in [5.41, 5.74) is 1.02. The first-order chi connectivity index (χ1) is 13.2. The molecule has 0 unspecified atom stereocenters. The van der Waals surface area contributed by atoms with Crippen LogP contribution in [0.4, 0.5) is 0 Å². The van der Waals surface area contributed by atoms with E-state index in [0.717, 1.165) is 43.9 Å². The van der Waals surface area contributed by atoms with E-state index in [1.165, 1.54) is 11.9 Å². The summed E-state index contributed by atoms with van der Waals surface area (Å²) in [6.07, 6.45) is 5.88. The van der Waals surface area contributed by atoms with Gasteiger partial charge in [-0.2, -0.15) is 4.98 Å². The number of benzene rings is 1. The van der Waals surface area contributed by atoms with Crippen molar-refractivity contribution in [1.29, 1.82) is 0 Å². The normalized spacial score (nSPS) is 16.1. The largest absolute Gasteiger partial charge is 0.493 e. The molecule has 2 heterocycles. The molecule has 1 saturated carbocycles. The Labute approximate surface area is 157 Å². The van der Waals surface area contributed by atoms with Crippen molar-refractivity contribution >= 4 is 0 Å². The number of tetrazole rings is 1. The second kappa shape index (κ2) is 7.46. The lowest BCUT2D eigenvalue weighted by Gasteiger charge is -2.26. The molecule has 0 N–H and O–H groups in total. The zero-order chi connectivity index (χ0) is 18.7. The summed E-state index contributed by atoms with van der Waals surface area (Å²) >= 11 is 0. The van der Waals surface area contributed by atoms with Crippen LogP contribution < -0.4 is 4.74 Å². The van der Waals surface area contributed by atoms with Gasteiger partial charge in [0.05, 0.1) is 12.0 Å². The zero-order valence-electron chi connectivity index (χ0n) is 15.7. The Morgan fingerprint density at radius 3 is 2.63 bits per heavy atom. The molecule has 142 valence electrons. The molecule has 4 rings (SSSR count). The van der Waals surface area contributed by atoms with E-state index in [1.54, 1.807) is 4.68 Å². The molecular formula is C19H24N6O2. The standard InChI is InChI=1S/C19H24N6O2/c1-14(2)12-26-16-7-5-15(6-8-16)19(9-3-4-10-19)18-21-17(27-22-18)11-25-13-20-23-24-25/h5-8,13-14H,3-4,9-12H2,1-2H3. The van der Waals surface area contributed by atoms with Gasteiger partial charge in [-0.1, -0.05) is 44.0 Å². The number of nitrogens with zero attached hydrogens (tertiary/aromatic N) is 6. The van der Waals surface area contributed by atoms with Crippen LogP contribution in [-0.4, -0.2) is 37.0 Å². The van der Waals surface area contributed by atoms with E-state index in [1.807, 2.05) is 12.1 Å². The fourth-order valence-corrected chi connectivity index (χ4v) is 3.66. The summed E-state index contributed by atoms with van der Waals surface area (Å²) in [6, 6.07) is 8.36. The molecule has 8 nitrogen and oxygen atoms in total. The molecule has 2 aromatic heterocycles. The highest BCUT2D eigenvalue weighted by molar-refractivity contribution is 5.37. The maximum absolute atomic E-state index is 5.82. The van der Waals surface area contributed by atoms with Crippen molar-refractivity contribution in [3.05, 3.63) is 47.9 Å². The average molecular weight is 368 g/mol. The molecule has 1 aromatic carbocycles. The molecular weight excluding hydrogens is 344 g/mol. The van der Waals surface area contributed by atoms with Crippen molar-refractivity contribution < 1.29 is 9.26 Å². The molecule has 0 atom stereocenters. The van der Waals surface area contributed by atoms with Gasteiger partial charge in [0.25, 0.3) is 0 Å². The van der Waals surface area contributed by atoms with Crippen LogP contribution in [0, 0.1) is 5.92 Å². The van der Waals surface area contributed by atoms with Gasteiger partial charge in [0.15, 0.2) is 5.82 Å². The van der Waals surface area contributed by atoms with Crippen LogP contribution >= 0.6 is 0 Å². The minimum atomic E-state index is -0.195. The Balaban J connectivity index is 1.57. The van der Waals surface area contributed by atoms with E-state index in [0.29, 0.717) is 18.4 Å². The van der Waals surface area contributed by atoms with Gasteiger partial charge in [0, 0.05) is 0 Å². The van der Waals surface area contributed by atoms with Crippen molar-refractivity contribution in [2.45, 2.75) is 51.5 Å². The second-order valence-electron chi connectivity index (χ2n) is 7.54. The Hall–Kier alpha value is -2.77. The van der Waals surface area contributed by atoms with Gasteiger partial charge >= 0.3 is 0 Å². The van der Waals surface area contributed by atoms with E-state index in [2.05, 4.69) is 51.6 Å². The Morgan fingerprint density at radius 2 is 1.96 bits per heavy atom. The summed E-state index contributed by atoms with van der Waals surface area (Å²) in [7, 11) is 0. The summed E-state index contributed by atoms with van der Waals surface area (Å²) < 4.78 is 12.9. The van der Waals surface area contributed by atoms with Crippen LogP contribution in [0.5, 0.6) is 5.75 Å². The van der Waals surface area contributed by atoms with E-state index >= 15 is 0 Å². The number of hydrogen-bond donors (Lipinski definition) is 0. The molecule has 1 aliphatic rings. The van der Waals surface area contributed by atoms with Crippen molar-refractivity contribution in [3.63, 3.8) is 0 Å². The van der Waals surface area contributed by atoms with Crippen molar-refractivity contribution in [2.24, 2.45) is 5.92 Å². The monoisotopic (exact) mass is 368 g/mol. The van der Waals surface area contributed by atoms with Crippen LogP contribution in [0.3, 0.4) is 0 Å². The maximum atomic E-state index is 5.82. The number of hydrogen-bond acceptors (Lipinski definition) is 7. The van der Waals surface area contributed by atoms with Crippen molar-refractivity contribution in [2.75, 3.05) is 6.61 Å². The molecule has 0 aliphatic heterocycles. The molecule has 0 radical (unpaired) electrons. The molecule has 1 aliphatic carbocycles. The van der Waals surface area contributed by atoms with Gasteiger partial charge in [-0.25, -0.2) is 4.68 Å². The van der Waals surface area contributed by atoms with Gasteiger partial charge in [-0.3, -0.25) is 0 Å². The van der Waals surface area contributed by atoms with Gasteiger partial charge in [0.1, 0.15) is 18.6 Å². The SMILES string of the molecule is CC(C)COc1ccc(C2(c3noc(Cn4cnnn4)n3)CCCC2)cc1. The average Bonchev–Trinajstić information content (AvgIpc) is 3.43. The van der Waals surface area contributed by atoms with Gasteiger partial charge in [-0.05, 0) is 46.9 Å². The Kier molecular flexibility index (Phi) is 4.87. The third-order valence-corrected chi connectivity index (χ3v) is 5.03. The summed E-state index contributed by atoms with van der Waals surface area (Å²) in [6.45, 7) is 5.38. The lowest BCUT2D eigenvalue weighted by atomic mass is 9.78. The zero-order valence-corrected chi connectivity index (χ0v) is 15.7. The fraction of sp³-hybridized carbons (Fsp3) is 0.526. The van der Waals surface area contributed by atoms with Crippen LogP contribution in [0.15, 0.2) is 35.1 Å². The topological polar surface area (TPSA) is 91.8 Å². The highest BCUT2D eigenvalue weighted by Gasteiger charge is 2.41. The minimum Gasteiger partial charge on any atom is -0.493 e. The Bertz CT molecular complexity index is 851. The molecule has 0 bridgehead atoms. The smallest absolute Gasteiger partial charge is 0.248 e. The molecule has 0 saturated heterocycles. The first kappa shape index (κ1) is 17.6. The van der Waals surface area contributed by atoms with Crippen LogP contribution in [0.2, 0.25) is 0 Å². The molecule has 0 spiro atoms. The van der Waals surface area contributed by atoms with E-state index in [-0.39, 0.29) is 5.41 Å². The first-order valence-electron chi connectivity index (χ1n) is 9.43. The highest BCUT2D eigenvalue weighted by Crippen LogP contribution is 2.45. The lowest BCUT2D eigenvalue weighted by molar-refractivity contribution is 0.271. The second-order valence-corrected chi connectivity index (χ2v) is 7.54. The summed E-state index contributed by atoms with van der Waals surface area (Å²) in [5, 5.41) is 15.4. The number of rotatable bonds is 7. The minimum absolute atomic E-state index is 0.195.